The van der Waals surface area contributed by atoms with Crippen LogP contribution in [0.4, 0.5) is 13.2 Å². The summed E-state index contributed by atoms with van der Waals surface area (Å²) in [5.41, 5.74) is 23.2. The van der Waals surface area contributed by atoms with E-state index in [-0.39, 0.29) is 70.4 Å². The Bertz CT molecular complexity index is 1440. The van der Waals surface area contributed by atoms with Crippen LogP contribution in [-0.2, 0) is 38.2 Å². The third-order valence-electron chi connectivity index (χ3n) is 9.02. The maximum Gasteiger partial charge on any atom is 0.490 e. The standard InChI is InChI=1S/C12H22N4O2.C12H24N2O2.C6H10N4O2.C6H12O.C2HF3O2/c1-12(2,3)5-6-16-8-9(14-15-13)7-10(16)11(17)18-4;1-12(2,3)5-6-14-8-9(13)7-10(14)11(15)16-4;1-12-6(11)5-2-4(3-8-5)9-10-7;1-6(2,3)4-5-7;3-2(4,5)1(6)7/h9-10H,5-8H2,1-4H3;9-10H,5-8,13H2,1-4H3;4-5,8H,2-3H2,1H3;5H,4H2,1-3H3;(H,6,7)/t2*9-,10-;4-,5-;;/m000../s1. The van der Waals surface area contributed by atoms with Gasteiger partial charge >= 0.3 is 30.1 Å². The van der Waals surface area contributed by atoms with Crippen LogP contribution in [0.2, 0.25) is 0 Å². The van der Waals surface area contributed by atoms with E-state index in [1.54, 1.807) is 0 Å². The topological polar surface area (TPSA) is 275 Å². The lowest BCUT2D eigenvalue weighted by Gasteiger charge is -2.26. The SMILES string of the molecule is CC(C)(C)CC=O.COC(=O)[C@@H]1C[C@H](N)CN1CCC(C)(C)C.COC(=O)[C@@H]1C[C@H](N=[N+]=[N-])CN1.COC(=O)[C@@H]1C[C@H](N=[N+]=[N-])CN1CCC(C)(C)C.O=C(O)C(F)(F)F. The van der Waals surface area contributed by atoms with Gasteiger partial charge in [0.25, 0.3) is 0 Å². The molecule has 3 saturated heterocycles. The van der Waals surface area contributed by atoms with Gasteiger partial charge in [0, 0.05) is 41.9 Å². The van der Waals surface area contributed by atoms with Crippen LogP contribution in [0.25, 0.3) is 20.9 Å². The highest BCUT2D eigenvalue weighted by Gasteiger charge is 2.39. The number of carbonyl (C=O) groups excluding carboxylic acids is 4. The number of nitrogens with two attached hydrogens (primary N) is 1. The molecule has 0 spiro atoms. The minimum Gasteiger partial charge on any atom is -0.475 e. The van der Waals surface area contributed by atoms with Gasteiger partial charge in [0.15, 0.2) is 0 Å². The molecular weight excluding hydrogens is 797 g/mol. The lowest BCUT2D eigenvalue weighted by molar-refractivity contribution is -0.192. The Morgan fingerprint density at radius 2 is 1.17 bits per heavy atom. The van der Waals surface area contributed by atoms with Crippen LogP contribution in [0.1, 0.15) is 101 Å². The van der Waals surface area contributed by atoms with Gasteiger partial charge in [0.2, 0.25) is 0 Å². The predicted octanol–water partition coefficient (Wildman–Crippen LogP) is 5.80. The molecule has 0 aliphatic carbocycles. The summed E-state index contributed by atoms with van der Waals surface area (Å²) in [6.45, 7) is 23.0. The number of hydrogen-bond donors (Lipinski definition) is 3. The van der Waals surface area contributed by atoms with Gasteiger partial charge in [-0.1, -0.05) is 72.5 Å². The number of esters is 3. The van der Waals surface area contributed by atoms with Crippen LogP contribution in [0.15, 0.2) is 10.2 Å². The lowest BCUT2D eigenvalue weighted by atomic mass is 9.92. The predicted molar refractivity (Wildman–Crippen MR) is 218 cm³/mol. The van der Waals surface area contributed by atoms with Gasteiger partial charge in [-0.15, -0.1) is 0 Å². The Morgan fingerprint density at radius 1 is 0.750 bits per heavy atom. The third kappa shape index (κ3) is 26.8. The zero-order valence-corrected chi connectivity index (χ0v) is 37.3. The number of nitrogens with zero attached hydrogens (tertiary/aromatic N) is 8. The highest BCUT2D eigenvalue weighted by molar-refractivity contribution is 5.77. The van der Waals surface area contributed by atoms with E-state index in [0.717, 1.165) is 45.2 Å². The number of hydrogen-bond acceptors (Lipinski definition) is 14. The number of alkyl halides is 3. The summed E-state index contributed by atoms with van der Waals surface area (Å²) in [5, 5.41) is 17.2. The fourth-order valence-electron chi connectivity index (χ4n) is 5.64. The number of ether oxygens (including phenoxy) is 3. The molecule has 3 fully saturated rings. The molecule has 3 aliphatic rings. The van der Waals surface area contributed by atoms with Crippen molar-refractivity contribution in [3.05, 3.63) is 20.9 Å². The van der Waals surface area contributed by atoms with E-state index in [1.807, 2.05) is 20.8 Å². The molecule has 0 saturated carbocycles. The Kier molecular flexibility index (Phi) is 26.6. The zero-order chi connectivity index (χ0) is 47.1. The van der Waals surface area contributed by atoms with E-state index in [9.17, 15) is 32.3 Å². The summed E-state index contributed by atoms with van der Waals surface area (Å²) in [6, 6.07) is -0.872. The summed E-state index contributed by atoms with van der Waals surface area (Å²) >= 11 is 0. The second kappa shape index (κ2) is 27.6. The molecule has 19 nitrogen and oxygen atoms in total. The summed E-state index contributed by atoms with van der Waals surface area (Å²) in [5.74, 6) is -3.44. The molecule has 0 unspecified atom stereocenters. The number of methoxy groups -OCH3 is 3. The van der Waals surface area contributed by atoms with Crippen molar-refractivity contribution in [1.29, 1.82) is 0 Å². The number of aliphatic carboxylic acids is 1. The summed E-state index contributed by atoms with van der Waals surface area (Å²) < 4.78 is 45.9. The first-order valence-electron chi connectivity index (χ1n) is 19.5. The molecule has 346 valence electrons. The molecule has 0 aromatic rings. The Balaban J connectivity index is 0. The Hall–Kier alpha value is -4.20. The minimum absolute atomic E-state index is 0.101. The van der Waals surface area contributed by atoms with Crippen molar-refractivity contribution in [2.24, 2.45) is 32.2 Å². The number of carboxylic acids is 1. The zero-order valence-electron chi connectivity index (χ0n) is 37.3. The molecule has 3 aliphatic heterocycles. The van der Waals surface area contributed by atoms with E-state index in [0.29, 0.717) is 32.4 Å². The van der Waals surface area contributed by atoms with Crippen LogP contribution >= 0.6 is 0 Å². The van der Waals surface area contributed by atoms with Crippen molar-refractivity contribution < 1.29 is 56.5 Å². The van der Waals surface area contributed by atoms with Crippen molar-refractivity contribution in [1.82, 2.24) is 15.1 Å². The molecule has 0 aromatic heterocycles. The van der Waals surface area contributed by atoms with Gasteiger partial charge in [0.05, 0.1) is 33.4 Å². The van der Waals surface area contributed by atoms with Crippen molar-refractivity contribution in [3.8, 4) is 0 Å². The smallest absolute Gasteiger partial charge is 0.475 e. The monoisotopic (exact) mass is 867 g/mol. The molecule has 3 rings (SSSR count). The maximum absolute atomic E-state index is 11.7. The number of carbonyl (C=O) groups is 5. The first-order valence-corrected chi connectivity index (χ1v) is 19.5. The van der Waals surface area contributed by atoms with E-state index < -0.39 is 12.1 Å². The normalized spacial score (nSPS) is 22.8. The average Bonchev–Trinajstić information content (AvgIpc) is 3.87. The number of nitrogens with one attached hydrogen (secondary N) is 1. The molecule has 60 heavy (non-hydrogen) atoms. The molecular formula is C38H69F3N10O9. The second-order valence-electron chi connectivity index (χ2n) is 18.1. The van der Waals surface area contributed by atoms with E-state index in [1.165, 1.54) is 21.3 Å². The van der Waals surface area contributed by atoms with E-state index >= 15 is 0 Å². The average molecular weight is 867 g/mol. The second-order valence-corrected chi connectivity index (χ2v) is 18.1. The van der Waals surface area contributed by atoms with E-state index in [4.69, 9.17) is 36.2 Å². The van der Waals surface area contributed by atoms with Gasteiger partial charge in [0.1, 0.15) is 24.4 Å². The molecule has 0 aromatic carbocycles. The number of aldehydes is 1. The molecule has 6 atom stereocenters. The summed E-state index contributed by atoms with van der Waals surface area (Å²) in [4.78, 5) is 62.7. The molecule has 22 heteroatoms. The molecule has 0 radical (unpaired) electrons. The van der Waals surface area contributed by atoms with Crippen molar-refractivity contribution in [3.63, 3.8) is 0 Å². The Morgan fingerprint density at radius 3 is 1.52 bits per heavy atom. The van der Waals surface area contributed by atoms with Crippen LogP contribution < -0.4 is 11.1 Å². The van der Waals surface area contributed by atoms with Crippen molar-refractivity contribution in [2.45, 2.75) is 143 Å². The Labute approximate surface area is 351 Å². The number of azide groups is 2. The number of rotatable bonds is 10. The minimum atomic E-state index is -5.08. The largest absolute Gasteiger partial charge is 0.490 e. The number of likely N-dealkylation sites (tertiary alicyclic amines) is 2. The van der Waals surface area contributed by atoms with Gasteiger partial charge in [-0.3, -0.25) is 24.2 Å². The maximum atomic E-state index is 11.7. The van der Waals surface area contributed by atoms with Crippen molar-refractivity contribution >= 4 is 30.2 Å². The van der Waals surface area contributed by atoms with E-state index in [2.05, 4.69) is 81.4 Å². The highest BCUT2D eigenvalue weighted by Crippen LogP contribution is 2.26. The third-order valence-corrected chi connectivity index (χ3v) is 9.02. The van der Waals surface area contributed by atoms with Crippen LogP contribution in [-0.4, -0.2) is 142 Å². The lowest BCUT2D eigenvalue weighted by Crippen LogP contribution is -2.38. The molecule has 4 N–H and O–H groups in total. The number of halogens is 3. The summed E-state index contributed by atoms with van der Waals surface area (Å²) in [7, 11) is 4.17. The highest BCUT2D eigenvalue weighted by atomic mass is 19.4. The fourth-order valence-corrected chi connectivity index (χ4v) is 5.64. The van der Waals surface area contributed by atoms with Gasteiger partial charge in [-0.05, 0) is 72.5 Å². The molecule has 0 bridgehead atoms. The van der Waals surface area contributed by atoms with Crippen molar-refractivity contribution in [2.75, 3.05) is 54.1 Å². The van der Waals surface area contributed by atoms with Crippen LogP contribution in [0.3, 0.4) is 0 Å². The van der Waals surface area contributed by atoms with Crippen LogP contribution in [0.5, 0.6) is 0 Å². The summed E-state index contributed by atoms with van der Waals surface area (Å²) in [6.07, 6.45) is 0.387. The molecule has 3 heterocycles. The molecule has 0 amide bonds. The fraction of sp³-hybridized carbons (Fsp3) is 0.868. The number of carboxylic acid groups (broad SMARTS) is 1. The first-order chi connectivity index (χ1) is 27.5. The van der Waals surface area contributed by atoms with Gasteiger partial charge in [-0.25, -0.2) is 4.79 Å². The quantitative estimate of drug-likeness (QED) is 0.0585. The van der Waals surface area contributed by atoms with Gasteiger partial charge < -0.3 is 35.2 Å². The first kappa shape index (κ1) is 57.9. The van der Waals surface area contributed by atoms with Crippen LogP contribution in [0, 0.1) is 16.2 Å². The van der Waals surface area contributed by atoms with Gasteiger partial charge in [-0.2, -0.15) is 13.2 Å².